The molecule has 3 heteroatoms. The van der Waals surface area contributed by atoms with E-state index in [1.165, 1.54) is 32.2 Å². The maximum atomic E-state index is 5.73. The molecule has 1 heterocycles. The molecular formula is C13H26N2O. The zero-order valence-corrected chi connectivity index (χ0v) is 11.0. The van der Waals surface area contributed by atoms with Gasteiger partial charge in [0.15, 0.2) is 0 Å². The standard InChI is InChI=1S/C13H26N2O/c1-4-12-9-15(11(2)8-14-12)10-13(16-3)6-5-7-13/h11-12,14H,4-10H2,1-3H3. The molecular weight excluding hydrogens is 200 g/mol. The molecule has 1 aliphatic heterocycles. The van der Waals surface area contributed by atoms with Crippen LogP contribution >= 0.6 is 0 Å². The van der Waals surface area contributed by atoms with E-state index < -0.39 is 0 Å². The molecule has 2 aliphatic rings. The van der Waals surface area contributed by atoms with Crippen molar-refractivity contribution in [1.29, 1.82) is 0 Å². The van der Waals surface area contributed by atoms with Crippen molar-refractivity contribution >= 4 is 0 Å². The molecule has 1 aliphatic carbocycles. The quantitative estimate of drug-likeness (QED) is 0.788. The molecule has 2 fully saturated rings. The number of nitrogens with zero attached hydrogens (tertiary/aromatic N) is 1. The second-order valence-corrected chi connectivity index (χ2v) is 5.53. The number of piperazine rings is 1. The lowest BCUT2D eigenvalue weighted by molar-refractivity contribution is -0.100. The topological polar surface area (TPSA) is 24.5 Å². The Labute approximate surface area is 99.5 Å². The molecule has 2 atom stereocenters. The van der Waals surface area contributed by atoms with Crippen molar-refractivity contribution in [1.82, 2.24) is 10.2 Å². The Morgan fingerprint density at radius 1 is 1.44 bits per heavy atom. The smallest absolute Gasteiger partial charge is 0.0805 e. The molecule has 94 valence electrons. The van der Waals surface area contributed by atoms with Gasteiger partial charge in [-0.1, -0.05) is 6.92 Å². The Morgan fingerprint density at radius 3 is 2.69 bits per heavy atom. The first kappa shape index (κ1) is 12.3. The van der Waals surface area contributed by atoms with Crippen molar-refractivity contribution in [3.63, 3.8) is 0 Å². The van der Waals surface area contributed by atoms with Crippen molar-refractivity contribution in [2.45, 2.75) is 57.2 Å². The van der Waals surface area contributed by atoms with Crippen LogP contribution in [0, 0.1) is 0 Å². The van der Waals surface area contributed by atoms with Crippen LogP contribution in [-0.4, -0.2) is 49.3 Å². The molecule has 0 aromatic heterocycles. The van der Waals surface area contributed by atoms with Crippen LogP contribution in [0.4, 0.5) is 0 Å². The van der Waals surface area contributed by atoms with Crippen LogP contribution in [-0.2, 0) is 4.74 Å². The molecule has 0 spiro atoms. The molecule has 3 nitrogen and oxygen atoms in total. The first-order chi connectivity index (χ1) is 7.69. The van der Waals surface area contributed by atoms with Crippen LogP contribution in [0.5, 0.6) is 0 Å². The summed E-state index contributed by atoms with van der Waals surface area (Å²) in [4.78, 5) is 2.62. The van der Waals surface area contributed by atoms with E-state index in [0.29, 0.717) is 12.1 Å². The maximum Gasteiger partial charge on any atom is 0.0805 e. The summed E-state index contributed by atoms with van der Waals surface area (Å²) < 4.78 is 5.73. The zero-order valence-electron chi connectivity index (χ0n) is 11.0. The van der Waals surface area contributed by atoms with Crippen molar-refractivity contribution in [2.75, 3.05) is 26.7 Å². The molecule has 0 bridgehead atoms. The Kier molecular flexibility index (Phi) is 3.88. The van der Waals surface area contributed by atoms with E-state index in [4.69, 9.17) is 4.74 Å². The van der Waals surface area contributed by atoms with Crippen LogP contribution < -0.4 is 5.32 Å². The normalized spacial score (nSPS) is 34.7. The second-order valence-electron chi connectivity index (χ2n) is 5.53. The van der Waals surface area contributed by atoms with Crippen molar-refractivity contribution < 1.29 is 4.74 Å². The van der Waals surface area contributed by atoms with Gasteiger partial charge in [-0.3, -0.25) is 4.90 Å². The number of methoxy groups -OCH3 is 1. The predicted molar refractivity (Wildman–Crippen MR) is 66.7 cm³/mol. The molecule has 16 heavy (non-hydrogen) atoms. The van der Waals surface area contributed by atoms with Crippen LogP contribution in [0.15, 0.2) is 0 Å². The highest BCUT2D eigenvalue weighted by atomic mass is 16.5. The van der Waals surface area contributed by atoms with Crippen molar-refractivity contribution in [2.24, 2.45) is 0 Å². The van der Waals surface area contributed by atoms with Gasteiger partial charge < -0.3 is 10.1 Å². The molecule has 1 saturated carbocycles. The van der Waals surface area contributed by atoms with Gasteiger partial charge in [0.05, 0.1) is 5.60 Å². The minimum Gasteiger partial charge on any atom is -0.377 e. The van der Waals surface area contributed by atoms with Gasteiger partial charge in [-0.2, -0.15) is 0 Å². The second kappa shape index (κ2) is 5.03. The average Bonchev–Trinajstić information content (AvgIpc) is 2.26. The van der Waals surface area contributed by atoms with E-state index in [0.717, 1.165) is 13.1 Å². The average molecular weight is 226 g/mol. The number of rotatable bonds is 4. The van der Waals surface area contributed by atoms with E-state index in [1.807, 2.05) is 7.11 Å². The first-order valence-corrected chi connectivity index (χ1v) is 6.72. The molecule has 0 amide bonds. The van der Waals surface area contributed by atoms with Crippen LogP contribution in [0.2, 0.25) is 0 Å². The lowest BCUT2D eigenvalue weighted by Gasteiger charge is -2.48. The van der Waals surface area contributed by atoms with Gasteiger partial charge >= 0.3 is 0 Å². The van der Waals surface area contributed by atoms with Crippen molar-refractivity contribution in [3.05, 3.63) is 0 Å². The highest BCUT2D eigenvalue weighted by molar-refractivity contribution is 4.95. The lowest BCUT2D eigenvalue weighted by Crippen LogP contribution is -2.60. The van der Waals surface area contributed by atoms with Gasteiger partial charge in [0.25, 0.3) is 0 Å². The summed E-state index contributed by atoms with van der Waals surface area (Å²) in [7, 11) is 1.88. The van der Waals surface area contributed by atoms with Gasteiger partial charge in [-0.25, -0.2) is 0 Å². The Balaban J connectivity index is 1.91. The molecule has 0 aromatic carbocycles. The molecule has 0 aromatic rings. The fourth-order valence-corrected chi connectivity index (χ4v) is 2.86. The zero-order chi connectivity index (χ0) is 11.6. The van der Waals surface area contributed by atoms with Gasteiger partial charge in [-0.15, -0.1) is 0 Å². The molecule has 1 saturated heterocycles. The molecule has 2 rings (SSSR count). The minimum atomic E-state index is 0.184. The number of hydrogen-bond acceptors (Lipinski definition) is 3. The Hall–Kier alpha value is -0.120. The van der Waals surface area contributed by atoms with Gasteiger partial charge in [-0.05, 0) is 32.6 Å². The minimum absolute atomic E-state index is 0.184. The highest BCUT2D eigenvalue weighted by Crippen LogP contribution is 2.36. The van der Waals surface area contributed by atoms with Gasteiger partial charge in [0.2, 0.25) is 0 Å². The third-order valence-electron chi connectivity index (χ3n) is 4.46. The van der Waals surface area contributed by atoms with Gasteiger partial charge in [0, 0.05) is 38.8 Å². The number of hydrogen-bond donors (Lipinski definition) is 1. The summed E-state index contributed by atoms with van der Waals surface area (Å²) in [5.74, 6) is 0. The fourth-order valence-electron chi connectivity index (χ4n) is 2.86. The van der Waals surface area contributed by atoms with E-state index in [1.54, 1.807) is 0 Å². The third-order valence-corrected chi connectivity index (χ3v) is 4.46. The molecule has 2 unspecified atom stereocenters. The van der Waals surface area contributed by atoms with Crippen LogP contribution in [0.3, 0.4) is 0 Å². The summed E-state index contributed by atoms with van der Waals surface area (Å²) in [5.41, 5.74) is 0.184. The lowest BCUT2D eigenvalue weighted by atomic mass is 9.79. The molecule has 0 radical (unpaired) electrons. The van der Waals surface area contributed by atoms with E-state index in [-0.39, 0.29) is 5.60 Å². The Bertz CT molecular complexity index is 222. The summed E-state index contributed by atoms with van der Waals surface area (Å²) in [6.07, 6.45) is 5.06. The van der Waals surface area contributed by atoms with E-state index in [9.17, 15) is 0 Å². The van der Waals surface area contributed by atoms with Crippen LogP contribution in [0.1, 0.15) is 39.5 Å². The maximum absolute atomic E-state index is 5.73. The monoisotopic (exact) mass is 226 g/mol. The van der Waals surface area contributed by atoms with Crippen molar-refractivity contribution in [3.8, 4) is 0 Å². The summed E-state index contributed by atoms with van der Waals surface area (Å²) >= 11 is 0. The highest BCUT2D eigenvalue weighted by Gasteiger charge is 2.40. The summed E-state index contributed by atoms with van der Waals surface area (Å²) in [5, 5.41) is 3.61. The number of nitrogens with one attached hydrogen (secondary N) is 1. The van der Waals surface area contributed by atoms with E-state index in [2.05, 4.69) is 24.1 Å². The third kappa shape index (κ3) is 2.41. The first-order valence-electron chi connectivity index (χ1n) is 6.72. The van der Waals surface area contributed by atoms with Crippen LogP contribution in [0.25, 0.3) is 0 Å². The van der Waals surface area contributed by atoms with E-state index >= 15 is 0 Å². The predicted octanol–water partition coefficient (Wildman–Crippen LogP) is 1.63. The largest absolute Gasteiger partial charge is 0.377 e. The summed E-state index contributed by atoms with van der Waals surface area (Å²) in [6, 6.07) is 1.32. The molecule has 1 N–H and O–H groups in total. The summed E-state index contributed by atoms with van der Waals surface area (Å²) in [6.45, 7) is 8.02. The Morgan fingerprint density at radius 2 is 2.19 bits per heavy atom. The number of ether oxygens (including phenoxy) is 1. The van der Waals surface area contributed by atoms with Gasteiger partial charge in [0.1, 0.15) is 0 Å². The fraction of sp³-hybridized carbons (Fsp3) is 1.00. The SMILES string of the molecule is CCC1CN(CC2(OC)CCC2)C(C)CN1.